The minimum atomic E-state index is -0.499. The molecule has 0 heterocycles. The van der Waals surface area contributed by atoms with Crippen LogP contribution >= 0.6 is 0 Å². The van der Waals surface area contributed by atoms with Crippen molar-refractivity contribution in [3.05, 3.63) is 54.1 Å². The van der Waals surface area contributed by atoms with Crippen LogP contribution in [0.1, 0.15) is 17.3 Å². The Balaban J connectivity index is 2.01. The molecule has 2 aromatic carbocycles. The third-order valence-corrected chi connectivity index (χ3v) is 3.23. The Morgan fingerprint density at radius 1 is 1.00 bits per heavy atom. The fourth-order valence-corrected chi connectivity index (χ4v) is 2.14. The van der Waals surface area contributed by atoms with Gasteiger partial charge in [-0.15, -0.1) is 0 Å². The molecule has 0 saturated heterocycles. The fraction of sp³-hybridized carbons (Fsp3) is 0.222. The number of ether oxygens (including phenoxy) is 2. The first kappa shape index (κ1) is 17.3. The average Bonchev–Trinajstić information content (AvgIpc) is 2.61. The molecule has 0 aliphatic rings. The Morgan fingerprint density at radius 3 is 2.38 bits per heavy atom. The fourth-order valence-electron chi connectivity index (χ4n) is 2.14. The maximum absolute atomic E-state index is 12.2. The van der Waals surface area contributed by atoms with Gasteiger partial charge in [0, 0.05) is 0 Å². The first-order valence-electron chi connectivity index (χ1n) is 7.58. The van der Waals surface area contributed by atoms with E-state index < -0.39 is 5.97 Å². The van der Waals surface area contributed by atoms with E-state index in [1.807, 2.05) is 31.2 Å². The highest BCUT2D eigenvalue weighted by Crippen LogP contribution is 2.23. The lowest BCUT2D eigenvalue weighted by atomic mass is 10.2. The minimum absolute atomic E-state index is 0.0413. The number of esters is 1. The molecule has 6 nitrogen and oxygen atoms in total. The van der Waals surface area contributed by atoms with Crippen molar-refractivity contribution in [1.29, 1.82) is 0 Å². The summed E-state index contributed by atoms with van der Waals surface area (Å²) in [7, 11) is 1.30. The van der Waals surface area contributed by atoms with Crippen molar-refractivity contribution in [1.82, 2.24) is 0 Å². The van der Waals surface area contributed by atoms with Crippen LogP contribution in [0.25, 0.3) is 0 Å². The maximum atomic E-state index is 12.2. The predicted octanol–water partition coefficient (Wildman–Crippen LogP) is 2.92. The second-order valence-electron chi connectivity index (χ2n) is 4.87. The largest absolute Gasteiger partial charge is 0.492 e. The molecular formula is C18H20N2O4. The third-order valence-electron chi connectivity index (χ3n) is 3.23. The van der Waals surface area contributed by atoms with Gasteiger partial charge in [0.25, 0.3) is 0 Å². The van der Waals surface area contributed by atoms with Crippen LogP contribution in [-0.4, -0.2) is 32.1 Å². The molecule has 2 N–H and O–H groups in total. The van der Waals surface area contributed by atoms with Crippen molar-refractivity contribution in [3.63, 3.8) is 0 Å². The summed E-state index contributed by atoms with van der Waals surface area (Å²) in [5, 5.41) is 5.73. The number of hydrogen-bond donors (Lipinski definition) is 2. The Bertz CT molecular complexity index is 716. The summed E-state index contributed by atoms with van der Waals surface area (Å²) in [4.78, 5) is 23.9. The second kappa shape index (κ2) is 8.57. The van der Waals surface area contributed by atoms with E-state index in [2.05, 4.69) is 10.6 Å². The van der Waals surface area contributed by atoms with Gasteiger partial charge in [0.1, 0.15) is 5.75 Å². The Labute approximate surface area is 140 Å². The molecule has 0 fully saturated rings. The predicted molar refractivity (Wildman–Crippen MR) is 92.5 cm³/mol. The summed E-state index contributed by atoms with van der Waals surface area (Å²) in [6.45, 7) is 2.48. The minimum Gasteiger partial charge on any atom is -0.492 e. The van der Waals surface area contributed by atoms with Crippen LogP contribution in [0.5, 0.6) is 5.75 Å². The monoisotopic (exact) mass is 328 g/mol. The summed E-state index contributed by atoms with van der Waals surface area (Å²) in [6, 6.07) is 14.1. The number of para-hydroxylation sites is 3. The van der Waals surface area contributed by atoms with Crippen LogP contribution in [0.15, 0.2) is 48.5 Å². The zero-order valence-electron chi connectivity index (χ0n) is 13.7. The number of rotatable bonds is 7. The lowest BCUT2D eigenvalue weighted by Gasteiger charge is -2.13. The van der Waals surface area contributed by atoms with Gasteiger partial charge in [0.2, 0.25) is 5.91 Å². The van der Waals surface area contributed by atoms with Gasteiger partial charge in [0.15, 0.2) is 0 Å². The number of amides is 1. The van der Waals surface area contributed by atoms with E-state index in [0.717, 1.165) is 5.69 Å². The van der Waals surface area contributed by atoms with Crippen molar-refractivity contribution in [2.75, 3.05) is 30.9 Å². The molecule has 24 heavy (non-hydrogen) atoms. The lowest BCUT2D eigenvalue weighted by Crippen LogP contribution is -2.23. The summed E-state index contributed by atoms with van der Waals surface area (Å²) in [5.74, 6) is -0.0963. The van der Waals surface area contributed by atoms with E-state index in [0.29, 0.717) is 23.6 Å². The van der Waals surface area contributed by atoms with Crippen molar-refractivity contribution in [3.8, 4) is 5.75 Å². The molecular weight excluding hydrogens is 308 g/mol. The zero-order valence-corrected chi connectivity index (χ0v) is 13.7. The Kier molecular flexibility index (Phi) is 6.19. The average molecular weight is 328 g/mol. The first-order valence-corrected chi connectivity index (χ1v) is 7.58. The smallest absolute Gasteiger partial charge is 0.339 e. The van der Waals surface area contributed by atoms with Crippen LogP contribution in [0.4, 0.5) is 11.4 Å². The van der Waals surface area contributed by atoms with Crippen LogP contribution in [0.3, 0.4) is 0 Å². The molecule has 126 valence electrons. The SMILES string of the molecule is CCOc1ccccc1NCC(=O)Nc1ccccc1C(=O)OC. The van der Waals surface area contributed by atoms with Crippen LogP contribution in [0, 0.1) is 0 Å². The lowest BCUT2D eigenvalue weighted by molar-refractivity contribution is -0.114. The molecule has 0 aliphatic carbocycles. The van der Waals surface area contributed by atoms with Crippen molar-refractivity contribution in [2.24, 2.45) is 0 Å². The summed E-state index contributed by atoms with van der Waals surface area (Å²) < 4.78 is 10.2. The molecule has 0 radical (unpaired) electrons. The van der Waals surface area contributed by atoms with Crippen molar-refractivity contribution >= 4 is 23.3 Å². The molecule has 0 unspecified atom stereocenters. The van der Waals surface area contributed by atoms with Crippen molar-refractivity contribution in [2.45, 2.75) is 6.92 Å². The normalized spacial score (nSPS) is 9.92. The quantitative estimate of drug-likeness (QED) is 0.764. The van der Waals surface area contributed by atoms with E-state index >= 15 is 0 Å². The number of hydrogen-bond acceptors (Lipinski definition) is 5. The highest BCUT2D eigenvalue weighted by atomic mass is 16.5. The second-order valence-corrected chi connectivity index (χ2v) is 4.87. The number of anilines is 2. The molecule has 0 saturated carbocycles. The molecule has 6 heteroatoms. The molecule has 0 aromatic heterocycles. The van der Waals surface area contributed by atoms with E-state index in [1.165, 1.54) is 7.11 Å². The third kappa shape index (κ3) is 4.49. The number of carbonyl (C=O) groups is 2. The molecule has 2 rings (SSSR count). The van der Waals surface area contributed by atoms with E-state index in [9.17, 15) is 9.59 Å². The summed E-state index contributed by atoms with van der Waals surface area (Å²) in [5.41, 5.74) is 1.45. The number of benzene rings is 2. The highest BCUT2D eigenvalue weighted by Gasteiger charge is 2.13. The Hall–Kier alpha value is -3.02. The number of nitrogens with one attached hydrogen (secondary N) is 2. The highest BCUT2D eigenvalue weighted by molar-refractivity contribution is 6.02. The maximum Gasteiger partial charge on any atom is 0.339 e. The summed E-state index contributed by atoms with van der Waals surface area (Å²) >= 11 is 0. The van der Waals surface area contributed by atoms with Gasteiger partial charge in [-0.05, 0) is 31.2 Å². The van der Waals surface area contributed by atoms with E-state index in [-0.39, 0.29) is 12.5 Å². The summed E-state index contributed by atoms with van der Waals surface area (Å²) in [6.07, 6.45) is 0. The van der Waals surface area contributed by atoms with E-state index in [4.69, 9.17) is 9.47 Å². The van der Waals surface area contributed by atoms with Crippen LogP contribution < -0.4 is 15.4 Å². The van der Waals surface area contributed by atoms with Crippen LogP contribution in [0.2, 0.25) is 0 Å². The molecule has 0 aliphatic heterocycles. The van der Waals surface area contributed by atoms with Gasteiger partial charge < -0.3 is 20.1 Å². The molecule has 0 atom stereocenters. The van der Waals surface area contributed by atoms with Gasteiger partial charge in [-0.2, -0.15) is 0 Å². The van der Waals surface area contributed by atoms with Crippen LogP contribution in [-0.2, 0) is 9.53 Å². The van der Waals surface area contributed by atoms with Gasteiger partial charge in [-0.1, -0.05) is 24.3 Å². The molecule has 2 aromatic rings. The van der Waals surface area contributed by atoms with Crippen molar-refractivity contribution < 1.29 is 19.1 Å². The number of methoxy groups -OCH3 is 1. The molecule has 1 amide bonds. The standard InChI is InChI=1S/C18H20N2O4/c1-3-24-16-11-7-6-10-15(16)19-12-17(21)20-14-9-5-4-8-13(14)18(22)23-2/h4-11,19H,3,12H2,1-2H3,(H,20,21). The van der Waals surface area contributed by atoms with Gasteiger partial charge in [-0.3, -0.25) is 4.79 Å². The molecule has 0 spiro atoms. The molecule has 0 bridgehead atoms. The van der Waals surface area contributed by atoms with Gasteiger partial charge in [0.05, 0.1) is 37.2 Å². The number of carbonyl (C=O) groups excluding carboxylic acids is 2. The zero-order chi connectivity index (χ0) is 17.4. The van der Waals surface area contributed by atoms with Gasteiger partial charge >= 0.3 is 5.97 Å². The van der Waals surface area contributed by atoms with Gasteiger partial charge in [-0.25, -0.2) is 4.79 Å². The topological polar surface area (TPSA) is 76.7 Å². The first-order chi connectivity index (χ1) is 11.7. The van der Waals surface area contributed by atoms with E-state index in [1.54, 1.807) is 24.3 Å². The Morgan fingerprint density at radius 2 is 1.67 bits per heavy atom.